The van der Waals surface area contributed by atoms with Gasteiger partial charge in [-0.05, 0) is 64.6 Å². The maximum absolute atomic E-state index is 12.6. The topological polar surface area (TPSA) is 60.4 Å². The summed E-state index contributed by atoms with van der Waals surface area (Å²) in [5.41, 5.74) is 0.956. The number of ether oxygens (including phenoxy) is 3. The van der Waals surface area contributed by atoms with Crippen molar-refractivity contribution < 1.29 is 19.0 Å². The highest BCUT2D eigenvalue weighted by Gasteiger charge is 2.59. The summed E-state index contributed by atoms with van der Waals surface area (Å²) in [7, 11) is 0. The Balaban J connectivity index is 1.68. The van der Waals surface area contributed by atoms with Crippen molar-refractivity contribution in [1.29, 1.82) is 0 Å². The summed E-state index contributed by atoms with van der Waals surface area (Å²) in [6.07, 6.45) is 1.13. The second-order valence-electron chi connectivity index (χ2n) is 10.3. The molecule has 1 unspecified atom stereocenters. The summed E-state index contributed by atoms with van der Waals surface area (Å²) in [6.45, 7) is 12.6. The number of fused-ring (bicyclic) bond motifs is 4. The third-order valence-corrected chi connectivity index (χ3v) is 6.63. The molecule has 6 heteroatoms. The fraction of sp³-hybridized carbons (Fsp3) is 0.357. The van der Waals surface area contributed by atoms with E-state index in [0.29, 0.717) is 17.2 Å². The highest BCUT2D eigenvalue weighted by Crippen LogP contribution is 2.56. The Labute approximate surface area is 200 Å². The largest absolute Gasteiger partial charge is 0.514 e. The van der Waals surface area contributed by atoms with E-state index in [-0.39, 0.29) is 0 Å². The Kier molecular flexibility index (Phi) is 4.90. The molecule has 2 heterocycles. The number of benzene rings is 3. The minimum absolute atomic E-state index is 0.294. The van der Waals surface area contributed by atoms with Gasteiger partial charge in [0.05, 0.1) is 11.6 Å². The zero-order valence-electron chi connectivity index (χ0n) is 20.5. The van der Waals surface area contributed by atoms with Gasteiger partial charge in [-0.1, -0.05) is 42.5 Å². The van der Waals surface area contributed by atoms with E-state index in [9.17, 15) is 4.79 Å². The summed E-state index contributed by atoms with van der Waals surface area (Å²) in [6, 6.07) is 18.0. The quantitative estimate of drug-likeness (QED) is 0.314. The Morgan fingerprint density at radius 2 is 1.79 bits per heavy atom. The third-order valence-electron chi connectivity index (χ3n) is 6.63. The van der Waals surface area contributed by atoms with Crippen LogP contribution in [0.4, 0.5) is 16.2 Å². The SMILES string of the molecule is CCN1c2ccccc2C(C)(C)C12C=Nc1c(c(OC(=O)OC(C)(C)C)cc3ccccc13)O2. The predicted molar refractivity (Wildman–Crippen MR) is 135 cm³/mol. The molecule has 0 aliphatic carbocycles. The van der Waals surface area contributed by atoms with Crippen molar-refractivity contribution in [2.24, 2.45) is 4.99 Å². The lowest BCUT2D eigenvalue weighted by atomic mass is 9.77. The Bertz CT molecular complexity index is 1320. The molecule has 0 amide bonds. The molecule has 1 atom stereocenters. The van der Waals surface area contributed by atoms with Crippen LogP contribution in [0.15, 0.2) is 59.6 Å². The monoisotopic (exact) mass is 458 g/mol. The van der Waals surface area contributed by atoms with Crippen LogP contribution < -0.4 is 14.4 Å². The van der Waals surface area contributed by atoms with E-state index in [1.807, 2.05) is 48.7 Å². The summed E-state index contributed by atoms with van der Waals surface area (Å²) >= 11 is 0. The van der Waals surface area contributed by atoms with Gasteiger partial charge >= 0.3 is 6.16 Å². The highest BCUT2D eigenvalue weighted by atomic mass is 16.7. The van der Waals surface area contributed by atoms with E-state index in [0.717, 1.165) is 23.0 Å². The molecule has 0 N–H and O–H groups in total. The molecule has 3 aromatic rings. The van der Waals surface area contributed by atoms with Crippen LogP contribution >= 0.6 is 0 Å². The zero-order chi connectivity index (χ0) is 24.3. The van der Waals surface area contributed by atoms with Crippen LogP contribution in [0.5, 0.6) is 11.5 Å². The number of anilines is 1. The third kappa shape index (κ3) is 3.23. The van der Waals surface area contributed by atoms with Gasteiger partial charge in [0.25, 0.3) is 0 Å². The van der Waals surface area contributed by atoms with E-state index in [1.54, 1.807) is 20.8 Å². The lowest BCUT2D eigenvalue weighted by Crippen LogP contribution is -2.62. The van der Waals surface area contributed by atoms with Crippen molar-refractivity contribution in [3.63, 3.8) is 0 Å². The van der Waals surface area contributed by atoms with E-state index in [4.69, 9.17) is 19.2 Å². The average Bonchev–Trinajstić information content (AvgIpc) is 2.95. The fourth-order valence-electron chi connectivity index (χ4n) is 5.05. The number of para-hydroxylation sites is 1. The second kappa shape index (κ2) is 7.49. The molecular weight excluding hydrogens is 428 g/mol. The average molecular weight is 459 g/mol. The molecule has 2 aliphatic rings. The van der Waals surface area contributed by atoms with Crippen molar-refractivity contribution in [1.82, 2.24) is 0 Å². The molecule has 3 aromatic carbocycles. The van der Waals surface area contributed by atoms with Crippen molar-refractivity contribution in [3.05, 3.63) is 60.2 Å². The number of carbonyl (C=O) groups is 1. The van der Waals surface area contributed by atoms with Gasteiger partial charge in [-0.25, -0.2) is 4.79 Å². The van der Waals surface area contributed by atoms with Gasteiger partial charge in [0, 0.05) is 17.6 Å². The minimum atomic E-state index is -0.882. The number of rotatable bonds is 2. The molecule has 0 saturated heterocycles. The minimum Gasteiger partial charge on any atom is -0.455 e. The highest BCUT2D eigenvalue weighted by molar-refractivity contribution is 6.02. The first-order chi connectivity index (χ1) is 16.1. The Morgan fingerprint density at radius 1 is 1.09 bits per heavy atom. The maximum atomic E-state index is 12.6. The number of carbonyl (C=O) groups excluding carboxylic acids is 1. The van der Waals surface area contributed by atoms with Gasteiger partial charge in [0.15, 0.2) is 11.5 Å². The van der Waals surface area contributed by atoms with Crippen molar-refractivity contribution >= 4 is 34.5 Å². The molecule has 176 valence electrons. The first-order valence-corrected chi connectivity index (χ1v) is 11.7. The van der Waals surface area contributed by atoms with Crippen LogP contribution in [0.25, 0.3) is 10.8 Å². The first kappa shape index (κ1) is 22.3. The zero-order valence-corrected chi connectivity index (χ0v) is 20.5. The van der Waals surface area contributed by atoms with Crippen LogP contribution in [0, 0.1) is 0 Å². The van der Waals surface area contributed by atoms with E-state index >= 15 is 0 Å². The Hall–Kier alpha value is -3.54. The van der Waals surface area contributed by atoms with Crippen LogP contribution in [-0.2, 0) is 10.2 Å². The van der Waals surface area contributed by atoms with Crippen molar-refractivity contribution in [3.8, 4) is 11.5 Å². The molecule has 0 saturated carbocycles. The molecule has 1 spiro atoms. The number of likely N-dealkylation sites (N-methyl/N-ethyl adjacent to an activating group) is 1. The van der Waals surface area contributed by atoms with E-state index in [2.05, 4.69) is 37.8 Å². The van der Waals surface area contributed by atoms with Gasteiger partial charge in [-0.2, -0.15) is 0 Å². The summed E-state index contributed by atoms with van der Waals surface area (Å²) in [5.74, 6) is 0.730. The summed E-state index contributed by atoms with van der Waals surface area (Å²) < 4.78 is 18.1. The van der Waals surface area contributed by atoms with Gasteiger partial charge in [-0.3, -0.25) is 4.99 Å². The van der Waals surface area contributed by atoms with Gasteiger partial charge in [0.1, 0.15) is 11.3 Å². The summed E-state index contributed by atoms with van der Waals surface area (Å²) in [4.78, 5) is 19.8. The molecule has 6 nitrogen and oxygen atoms in total. The van der Waals surface area contributed by atoms with Crippen LogP contribution in [0.3, 0.4) is 0 Å². The molecule has 0 fully saturated rings. The van der Waals surface area contributed by atoms with Gasteiger partial charge in [-0.15, -0.1) is 0 Å². The Morgan fingerprint density at radius 3 is 2.53 bits per heavy atom. The molecule has 0 aromatic heterocycles. The number of hydrogen-bond acceptors (Lipinski definition) is 6. The molecule has 2 aliphatic heterocycles. The second-order valence-corrected chi connectivity index (χ2v) is 10.3. The van der Waals surface area contributed by atoms with Gasteiger partial charge in [0.2, 0.25) is 5.72 Å². The lowest BCUT2D eigenvalue weighted by Gasteiger charge is -2.46. The van der Waals surface area contributed by atoms with Gasteiger partial charge < -0.3 is 19.1 Å². The fourth-order valence-corrected chi connectivity index (χ4v) is 5.05. The van der Waals surface area contributed by atoms with Crippen LogP contribution in [-0.4, -0.2) is 30.2 Å². The van der Waals surface area contributed by atoms with Crippen LogP contribution in [0.2, 0.25) is 0 Å². The number of hydrogen-bond donors (Lipinski definition) is 0. The smallest absolute Gasteiger partial charge is 0.455 e. The van der Waals surface area contributed by atoms with E-state index in [1.165, 1.54) is 5.56 Å². The molecule has 0 bridgehead atoms. The normalized spacial score (nSPS) is 20.1. The molecule has 34 heavy (non-hydrogen) atoms. The summed E-state index contributed by atoms with van der Waals surface area (Å²) in [5, 5.41) is 1.83. The predicted octanol–water partition coefficient (Wildman–Crippen LogP) is 6.76. The molecule has 0 radical (unpaired) electrons. The maximum Gasteiger partial charge on any atom is 0.514 e. The number of nitrogens with zero attached hydrogens (tertiary/aromatic N) is 2. The molecule has 5 rings (SSSR count). The van der Waals surface area contributed by atoms with Crippen LogP contribution in [0.1, 0.15) is 47.1 Å². The van der Waals surface area contributed by atoms with Crippen molar-refractivity contribution in [2.75, 3.05) is 11.4 Å². The standard InChI is InChI=1S/C28H30N2O4/c1-7-30-21-15-11-10-14-20(21)27(5,6)28(30)17-29-23-19-13-9-8-12-18(19)16-22(24(23)33-28)32-25(31)34-26(2,3)4/h8-17H,7H2,1-6H3. The first-order valence-electron chi connectivity index (χ1n) is 11.7. The van der Waals surface area contributed by atoms with E-state index < -0.39 is 22.9 Å². The van der Waals surface area contributed by atoms with Crippen molar-refractivity contribution in [2.45, 2.75) is 58.3 Å². The molecular formula is C28H30N2O4. The number of aliphatic imine (C=N–C) groups is 1. The lowest BCUT2D eigenvalue weighted by molar-refractivity contribution is 0.0182.